The topological polar surface area (TPSA) is 40.5 Å². The number of carboxylic acids is 1. The van der Waals surface area contributed by atoms with Crippen LogP contribution < -0.4 is 0 Å². The van der Waals surface area contributed by atoms with Crippen LogP contribution in [0.1, 0.15) is 12.8 Å². The Morgan fingerprint density at radius 2 is 2.50 bits per heavy atom. The van der Waals surface area contributed by atoms with Crippen LogP contribution in [0, 0.1) is 0 Å². The van der Waals surface area contributed by atoms with Crippen molar-refractivity contribution < 1.29 is 9.90 Å². The molecule has 0 aromatic rings. The van der Waals surface area contributed by atoms with E-state index < -0.39 is 5.97 Å². The second kappa shape index (κ2) is 2.73. The first kappa shape index (κ1) is 7.12. The largest absolute Gasteiger partial charge is 0.477 e. The molecule has 0 aromatic carbocycles. The summed E-state index contributed by atoms with van der Waals surface area (Å²) in [6.45, 7) is 0.859. The van der Waals surface area contributed by atoms with E-state index in [1.165, 1.54) is 0 Å². The summed E-state index contributed by atoms with van der Waals surface area (Å²) in [5.41, 5.74) is 0.436. The highest BCUT2D eigenvalue weighted by Crippen LogP contribution is 2.11. The molecule has 0 amide bonds. The van der Waals surface area contributed by atoms with Gasteiger partial charge >= 0.3 is 5.97 Å². The number of rotatable bonds is 1. The molecule has 1 aliphatic heterocycles. The van der Waals surface area contributed by atoms with Crippen LogP contribution in [-0.2, 0) is 4.79 Å². The van der Waals surface area contributed by atoms with E-state index in [1.807, 2.05) is 0 Å². The molecule has 56 valence electrons. The SMILES string of the molecule is CN1CCCC=C1C(=O)O. The summed E-state index contributed by atoms with van der Waals surface area (Å²) in [6.07, 6.45) is 3.73. The Labute approximate surface area is 59.9 Å². The van der Waals surface area contributed by atoms with E-state index in [1.54, 1.807) is 18.0 Å². The Bertz CT molecular complexity index is 174. The molecule has 1 rings (SSSR count). The molecule has 3 nitrogen and oxygen atoms in total. The quantitative estimate of drug-likeness (QED) is 0.583. The van der Waals surface area contributed by atoms with Gasteiger partial charge in [-0.25, -0.2) is 4.79 Å². The van der Waals surface area contributed by atoms with Gasteiger partial charge in [0.15, 0.2) is 0 Å². The summed E-state index contributed by atoms with van der Waals surface area (Å²) in [6, 6.07) is 0. The minimum atomic E-state index is -0.817. The number of hydrogen-bond donors (Lipinski definition) is 1. The highest BCUT2D eigenvalue weighted by molar-refractivity contribution is 5.85. The Morgan fingerprint density at radius 1 is 1.80 bits per heavy atom. The Morgan fingerprint density at radius 3 is 2.90 bits per heavy atom. The molecular formula is C7H11NO2. The summed E-state index contributed by atoms with van der Waals surface area (Å²) in [4.78, 5) is 12.2. The van der Waals surface area contributed by atoms with Gasteiger partial charge in [0.1, 0.15) is 5.70 Å². The summed E-state index contributed by atoms with van der Waals surface area (Å²) in [5, 5.41) is 8.60. The molecule has 1 N–H and O–H groups in total. The first-order valence-electron chi connectivity index (χ1n) is 3.36. The van der Waals surface area contributed by atoms with Gasteiger partial charge in [-0.05, 0) is 12.8 Å². The molecule has 0 bridgehead atoms. The van der Waals surface area contributed by atoms with Gasteiger partial charge in [0.05, 0.1) is 0 Å². The predicted molar refractivity (Wildman–Crippen MR) is 37.6 cm³/mol. The second-order valence-electron chi connectivity index (χ2n) is 2.46. The molecular weight excluding hydrogens is 130 g/mol. The van der Waals surface area contributed by atoms with Gasteiger partial charge in [-0.1, -0.05) is 6.08 Å². The number of likely N-dealkylation sites (N-methyl/N-ethyl adjacent to an activating group) is 1. The number of carbonyl (C=O) groups is 1. The third kappa shape index (κ3) is 1.29. The van der Waals surface area contributed by atoms with E-state index in [9.17, 15) is 4.79 Å². The number of hydrogen-bond acceptors (Lipinski definition) is 2. The fourth-order valence-corrected chi connectivity index (χ4v) is 1.09. The van der Waals surface area contributed by atoms with Crippen LogP contribution in [0.3, 0.4) is 0 Å². The average Bonchev–Trinajstić information content (AvgIpc) is 1.88. The van der Waals surface area contributed by atoms with Crippen molar-refractivity contribution in [2.24, 2.45) is 0 Å². The highest BCUT2D eigenvalue weighted by Gasteiger charge is 2.14. The number of nitrogens with zero attached hydrogens (tertiary/aromatic N) is 1. The van der Waals surface area contributed by atoms with E-state index in [2.05, 4.69) is 0 Å². The first-order chi connectivity index (χ1) is 4.72. The maximum absolute atomic E-state index is 10.5. The zero-order chi connectivity index (χ0) is 7.56. The lowest BCUT2D eigenvalue weighted by molar-refractivity contribution is -0.134. The van der Waals surface area contributed by atoms with Crippen LogP contribution in [0.15, 0.2) is 11.8 Å². The van der Waals surface area contributed by atoms with Crippen molar-refractivity contribution in [1.82, 2.24) is 4.90 Å². The van der Waals surface area contributed by atoms with Crippen LogP contribution >= 0.6 is 0 Å². The molecule has 0 aromatic heterocycles. The molecule has 0 aliphatic carbocycles. The van der Waals surface area contributed by atoms with Crippen molar-refractivity contribution in [1.29, 1.82) is 0 Å². The van der Waals surface area contributed by atoms with E-state index in [4.69, 9.17) is 5.11 Å². The minimum absolute atomic E-state index is 0.436. The predicted octanol–water partition coefficient (Wildman–Crippen LogP) is 0.680. The molecule has 0 fully saturated rings. The Kier molecular flexibility index (Phi) is 1.94. The zero-order valence-corrected chi connectivity index (χ0v) is 6.00. The fourth-order valence-electron chi connectivity index (χ4n) is 1.09. The van der Waals surface area contributed by atoms with Crippen molar-refractivity contribution in [3.05, 3.63) is 11.8 Å². The third-order valence-electron chi connectivity index (χ3n) is 1.67. The first-order valence-corrected chi connectivity index (χ1v) is 3.36. The van der Waals surface area contributed by atoms with Gasteiger partial charge in [-0.2, -0.15) is 0 Å². The molecule has 0 spiro atoms. The molecule has 10 heavy (non-hydrogen) atoms. The van der Waals surface area contributed by atoms with Crippen LogP contribution in [-0.4, -0.2) is 29.6 Å². The normalized spacial score (nSPS) is 18.5. The van der Waals surface area contributed by atoms with Crippen molar-refractivity contribution in [3.63, 3.8) is 0 Å². The standard InChI is InChI=1S/C7H11NO2/c1-8-5-3-2-4-6(8)7(9)10/h4H,2-3,5H2,1H3,(H,9,10). The van der Waals surface area contributed by atoms with Gasteiger partial charge < -0.3 is 10.0 Å². The van der Waals surface area contributed by atoms with E-state index in [-0.39, 0.29) is 0 Å². The molecule has 0 atom stereocenters. The van der Waals surface area contributed by atoms with Crippen LogP contribution in [0.2, 0.25) is 0 Å². The lowest BCUT2D eigenvalue weighted by Gasteiger charge is -2.22. The van der Waals surface area contributed by atoms with Gasteiger partial charge in [0.25, 0.3) is 0 Å². The molecule has 0 radical (unpaired) electrons. The van der Waals surface area contributed by atoms with Crippen molar-refractivity contribution in [3.8, 4) is 0 Å². The Balaban J connectivity index is 2.71. The Hall–Kier alpha value is -0.990. The third-order valence-corrected chi connectivity index (χ3v) is 1.67. The maximum atomic E-state index is 10.5. The number of aliphatic carboxylic acids is 1. The van der Waals surface area contributed by atoms with Gasteiger partial charge in [-0.15, -0.1) is 0 Å². The molecule has 0 saturated heterocycles. The lowest BCUT2D eigenvalue weighted by Crippen LogP contribution is -2.27. The summed E-state index contributed by atoms with van der Waals surface area (Å²) >= 11 is 0. The van der Waals surface area contributed by atoms with Crippen LogP contribution in [0.25, 0.3) is 0 Å². The maximum Gasteiger partial charge on any atom is 0.351 e. The van der Waals surface area contributed by atoms with E-state index in [0.29, 0.717) is 5.70 Å². The fraction of sp³-hybridized carbons (Fsp3) is 0.571. The van der Waals surface area contributed by atoms with Gasteiger partial charge in [-0.3, -0.25) is 0 Å². The van der Waals surface area contributed by atoms with Crippen molar-refractivity contribution in [2.75, 3.05) is 13.6 Å². The molecule has 1 heterocycles. The molecule has 1 aliphatic rings. The lowest BCUT2D eigenvalue weighted by atomic mass is 10.2. The molecule has 0 unspecified atom stereocenters. The highest BCUT2D eigenvalue weighted by atomic mass is 16.4. The smallest absolute Gasteiger partial charge is 0.351 e. The zero-order valence-electron chi connectivity index (χ0n) is 6.00. The molecule has 3 heteroatoms. The average molecular weight is 141 g/mol. The van der Waals surface area contributed by atoms with E-state index in [0.717, 1.165) is 19.4 Å². The van der Waals surface area contributed by atoms with Crippen molar-refractivity contribution >= 4 is 5.97 Å². The van der Waals surface area contributed by atoms with Crippen molar-refractivity contribution in [2.45, 2.75) is 12.8 Å². The van der Waals surface area contributed by atoms with Gasteiger partial charge in [0, 0.05) is 13.6 Å². The van der Waals surface area contributed by atoms with Crippen LogP contribution in [0.4, 0.5) is 0 Å². The van der Waals surface area contributed by atoms with E-state index >= 15 is 0 Å². The number of allylic oxidation sites excluding steroid dienone is 1. The monoisotopic (exact) mass is 141 g/mol. The van der Waals surface area contributed by atoms with Crippen LogP contribution in [0.5, 0.6) is 0 Å². The molecule has 0 saturated carbocycles. The summed E-state index contributed by atoms with van der Waals surface area (Å²) in [7, 11) is 1.80. The second-order valence-corrected chi connectivity index (χ2v) is 2.46. The summed E-state index contributed by atoms with van der Waals surface area (Å²) in [5.74, 6) is -0.817. The summed E-state index contributed by atoms with van der Waals surface area (Å²) < 4.78 is 0. The van der Waals surface area contributed by atoms with Gasteiger partial charge in [0.2, 0.25) is 0 Å². The number of carboxylic acid groups (broad SMARTS) is 1. The minimum Gasteiger partial charge on any atom is -0.477 e.